The number of ketones is 1. The summed E-state index contributed by atoms with van der Waals surface area (Å²) in [5.74, 6) is -0.973. The lowest BCUT2D eigenvalue weighted by atomic mass is 9.42. The predicted octanol–water partition coefficient (Wildman–Crippen LogP) is 3.10. The van der Waals surface area contributed by atoms with Crippen molar-refractivity contribution in [2.45, 2.75) is 58.5 Å². The van der Waals surface area contributed by atoms with E-state index in [0.29, 0.717) is 6.42 Å². The Morgan fingerprint density at radius 3 is 2.73 bits per heavy atom. The van der Waals surface area contributed by atoms with Crippen LogP contribution < -0.4 is 0 Å². The summed E-state index contributed by atoms with van der Waals surface area (Å²) in [5, 5.41) is 11.0. The van der Waals surface area contributed by atoms with Crippen LogP contribution in [0.5, 0.6) is 0 Å². The van der Waals surface area contributed by atoms with E-state index in [2.05, 4.69) is 20.8 Å². The number of fused-ring (bicyclic) bond motifs is 4. The summed E-state index contributed by atoms with van der Waals surface area (Å²) in [4.78, 5) is 26.0. The van der Waals surface area contributed by atoms with E-state index >= 15 is 0 Å². The Morgan fingerprint density at radius 1 is 1.31 bits per heavy atom. The van der Waals surface area contributed by atoms with Gasteiger partial charge in [-0.15, -0.1) is 0 Å². The average molecular weight is 360 g/mol. The Hall–Kier alpha value is -1.62. The lowest BCUT2D eigenvalue weighted by molar-refractivity contribution is -0.180. The van der Waals surface area contributed by atoms with Crippen LogP contribution in [0.4, 0.5) is 0 Å². The zero-order chi connectivity index (χ0) is 18.9. The van der Waals surface area contributed by atoms with Crippen molar-refractivity contribution in [2.24, 2.45) is 28.6 Å². The molecule has 142 valence electrons. The molecule has 6 atom stereocenters. The van der Waals surface area contributed by atoms with Crippen molar-refractivity contribution in [2.75, 3.05) is 7.11 Å². The van der Waals surface area contributed by atoms with Crippen molar-refractivity contribution in [1.29, 1.82) is 0 Å². The fourth-order valence-corrected chi connectivity index (χ4v) is 6.63. The lowest BCUT2D eigenvalue weighted by Crippen LogP contribution is -2.64. The van der Waals surface area contributed by atoms with Gasteiger partial charge < -0.3 is 14.3 Å². The lowest BCUT2D eigenvalue weighted by Gasteiger charge is -2.61. The predicted molar refractivity (Wildman–Crippen MR) is 94.4 cm³/mol. The van der Waals surface area contributed by atoms with Gasteiger partial charge in [0, 0.05) is 23.8 Å². The molecule has 26 heavy (non-hydrogen) atoms. The second kappa shape index (κ2) is 5.69. The normalized spacial score (nSPS) is 41.0. The molecule has 3 aliphatic carbocycles. The minimum absolute atomic E-state index is 0.0162. The number of hydrogen-bond acceptors (Lipinski definition) is 5. The molecule has 0 unspecified atom stereocenters. The van der Waals surface area contributed by atoms with Gasteiger partial charge in [-0.2, -0.15) is 0 Å². The van der Waals surface area contributed by atoms with Crippen LogP contribution in [0.3, 0.4) is 0 Å². The molecule has 0 radical (unpaired) electrons. The van der Waals surface area contributed by atoms with E-state index in [1.807, 2.05) is 0 Å². The van der Waals surface area contributed by atoms with Gasteiger partial charge in [0.1, 0.15) is 11.9 Å². The molecule has 1 N–H and O–H groups in total. The number of aliphatic hydroxyl groups is 1. The molecular weight excluding hydrogens is 332 g/mol. The number of ether oxygens (including phenoxy) is 1. The van der Waals surface area contributed by atoms with E-state index < -0.39 is 23.9 Å². The highest BCUT2D eigenvalue weighted by atomic mass is 16.5. The first-order valence-corrected chi connectivity index (χ1v) is 9.58. The van der Waals surface area contributed by atoms with Crippen LogP contribution in [-0.2, 0) is 20.7 Å². The van der Waals surface area contributed by atoms with Gasteiger partial charge in [0.05, 0.1) is 19.3 Å². The van der Waals surface area contributed by atoms with Gasteiger partial charge in [-0.3, -0.25) is 9.59 Å². The van der Waals surface area contributed by atoms with Gasteiger partial charge >= 0.3 is 5.97 Å². The highest BCUT2D eigenvalue weighted by Crippen LogP contribution is 2.63. The SMILES string of the molecule is COC(=O)[C@@H]1c2ccoc2C[C@H]2[C@H]1[C@@H](O)C(=O)[C@H]1C(C)(C)CCC[C@]21C. The maximum absolute atomic E-state index is 13.3. The first-order valence-electron chi connectivity index (χ1n) is 9.58. The molecule has 0 bridgehead atoms. The van der Waals surface area contributed by atoms with Gasteiger partial charge in [0.15, 0.2) is 5.78 Å². The van der Waals surface area contributed by atoms with E-state index in [-0.39, 0.29) is 28.4 Å². The third-order valence-electron chi connectivity index (χ3n) is 7.59. The fourth-order valence-electron chi connectivity index (χ4n) is 6.63. The second-order valence-electron chi connectivity index (χ2n) is 9.32. The molecule has 1 heterocycles. The van der Waals surface area contributed by atoms with Crippen molar-refractivity contribution in [1.82, 2.24) is 0 Å². The van der Waals surface area contributed by atoms with Crippen LogP contribution >= 0.6 is 0 Å². The molecular formula is C21H28O5. The quantitative estimate of drug-likeness (QED) is 0.779. The zero-order valence-electron chi connectivity index (χ0n) is 16.0. The number of hydrogen-bond donors (Lipinski definition) is 1. The molecule has 3 aliphatic rings. The summed E-state index contributed by atoms with van der Waals surface area (Å²) in [6, 6.07) is 1.78. The van der Waals surface area contributed by atoms with Crippen molar-refractivity contribution in [3.05, 3.63) is 23.7 Å². The van der Waals surface area contributed by atoms with E-state index in [9.17, 15) is 14.7 Å². The summed E-state index contributed by atoms with van der Waals surface area (Å²) in [5.41, 5.74) is 0.363. The molecule has 1 aromatic heterocycles. The third-order valence-corrected chi connectivity index (χ3v) is 7.59. The fraction of sp³-hybridized carbons (Fsp3) is 0.714. The number of esters is 1. The number of furan rings is 1. The van der Waals surface area contributed by atoms with E-state index in [1.165, 1.54) is 7.11 Å². The maximum Gasteiger partial charge on any atom is 0.313 e. The third kappa shape index (κ3) is 2.19. The molecule has 1 aromatic rings. The van der Waals surface area contributed by atoms with Gasteiger partial charge in [-0.1, -0.05) is 27.2 Å². The second-order valence-corrected chi connectivity index (χ2v) is 9.32. The molecule has 0 saturated heterocycles. The highest BCUT2D eigenvalue weighted by molar-refractivity contribution is 5.90. The first-order chi connectivity index (χ1) is 12.2. The van der Waals surface area contributed by atoms with Crippen molar-refractivity contribution < 1.29 is 23.8 Å². The van der Waals surface area contributed by atoms with Crippen molar-refractivity contribution in [3.8, 4) is 0 Å². The van der Waals surface area contributed by atoms with Crippen molar-refractivity contribution >= 4 is 11.8 Å². The van der Waals surface area contributed by atoms with Crippen LogP contribution in [-0.4, -0.2) is 30.1 Å². The number of methoxy groups -OCH3 is 1. The molecule has 0 amide bonds. The number of Topliss-reactive ketones (excluding diaryl/α,β-unsaturated/α-hetero) is 1. The molecule has 2 saturated carbocycles. The monoisotopic (exact) mass is 360 g/mol. The Labute approximate surface area is 154 Å². The van der Waals surface area contributed by atoms with Gasteiger partial charge in [-0.05, 0) is 35.7 Å². The van der Waals surface area contributed by atoms with E-state index in [1.54, 1.807) is 12.3 Å². The molecule has 0 aromatic carbocycles. The summed E-state index contributed by atoms with van der Waals surface area (Å²) in [6.45, 7) is 6.46. The van der Waals surface area contributed by atoms with Crippen LogP contribution in [0.25, 0.3) is 0 Å². The number of carbonyl (C=O) groups excluding carboxylic acids is 2. The molecule has 2 fully saturated rings. The number of carbonyl (C=O) groups is 2. The standard InChI is InChI=1S/C21H28O5/c1-20(2)7-5-8-21(3)12-10-13-11(6-9-26-13)14(19(24)25-4)15(12)16(22)17(23)18(20)21/h6,9,12,14-16,18,22H,5,7-8,10H2,1-4H3/t12-,14+,15+,16+,18-,21+/m0/s1. The number of rotatable bonds is 1. The van der Waals surface area contributed by atoms with E-state index in [4.69, 9.17) is 9.15 Å². The molecule has 4 rings (SSSR count). The average Bonchev–Trinajstić information content (AvgIpc) is 3.05. The summed E-state index contributed by atoms with van der Waals surface area (Å²) >= 11 is 0. The van der Waals surface area contributed by atoms with Crippen LogP contribution in [0, 0.1) is 28.6 Å². The smallest absolute Gasteiger partial charge is 0.313 e. The van der Waals surface area contributed by atoms with Gasteiger partial charge in [-0.25, -0.2) is 0 Å². The molecule has 0 spiro atoms. The summed E-state index contributed by atoms with van der Waals surface area (Å²) < 4.78 is 10.7. The largest absolute Gasteiger partial charge is 0.469 e. The minimum Gasteiger partial charge on any atom is -0.469 e. The van der Waals surface area contributed by atoms with Crippen molar-refractivity contribution in [3.63, 3.8) is 0 Å². The van der Waals surface area contributed by atoms with Gasteiger partial charge in [0.25, 0.3) is 0 Å². The van der Waals surface area contributed by atoms with Crippen LogP contribution in [0.2, 0.25) is 0 Å². The molecule has 5 nitrogen and oxygen atoms in total. The van der Waals surface area contributed by atoms with Gasteiger partial charge in [0.2, 0.25) is 0 Å². The minimum atomic E-state index is -1.14. The maximum atomic E-state index is 13.3. The zero-order valence-corrected chi connectivity index (χ0v) is 16.0. The topological polar surface area (TPSA) is 76.7 Å². The van der Waals surface area contributed by atoms with E-state index in [0.717, 1.165) is 30.6 Å². The van der Waals surface area contributed by atoms with Crippen LogP contribution in [0.1, 0.15) is 57.3 Å². The first kappa shape index (κ1) is 17.8. The summed E-state index contributed by atoms with van der Waals surface area (Å²) in [6.07, 6.45) is 4.09. The summed E-state index contributed by atoms with van der Waals surface area (Å²) in [7, 11) is 1.36. The Balaban J connectivity index is 1.88. The molecule has 0 aliphatic heterocycles. The Bertz CT molecular complexity index is 747. The molecule has 5 heteroatoms. The highest BCUT2D eigenvalue weighted by Gasteiger charge is 2.65. The van der Waals surface area contributed by atoms with Crippen LogP contribution in [0.15, 0.2) is 16.7 Å². The Morgan fingerprint density at radius 2 is 2.04 bits per heavy atom. The number of aliphatic hydroxyl groups excluding tert-OH is 1. The Kier molecular flexibility index (Phi) is 3.89.